The van der Waals surface area contributed by atoms with Crippen LogP contribution in [0.5, 0.6) is 5.75 Å². The van der Waals surface area contributed by atoms with Gasteiger partial charge in [-0.3, -0.25) is 9.78 Å². The molecule has 0 N–H and O–H groups in total. The molecule has 1 heterocycles. The second-order valence-electron chi connectivity index (χ2n) is 5.74. The van der Waals surface area contributed by atoms with Crippen LogP contribution in [0.25, 0.3) is 11.3 Å². The van der Waals surface area contributed by atoms with Gasteiger partial charge in [0.05, 0.1) is 12.8 Å². The molecule has 2 aromatic rings. The molecule has 3 nitrogen and oxygen atoms in total. The SMILES string of the molecule is COc1ccc(-c2cc(C(=O)C(C)(C)C)ccn2)cc1. The summed E-state index contributed by atoms with van der Waals surface area (Å²) in [6, 6.07) is 11.2. The number of ether oxygens (including phenoxy) is 1. The summed E-state index contributed by atoms with van der Waals surface area (Å²) in [4.78, 5) is 16.6. The Morgan fingerprint density at radius 1 is 1.10 bits per heavy atom. The summed E-state index contributed by atoms with van der Waals surface area (Å²) in [5.74, 6) is 0.922. The Bertz CT molecular complexity index is 610. The van der Waals surface area contributed by atoms with E-state index >= 15 is 0 Å². The zero-order valence-corrected chi connectivity index (χ0v) is 12.3. The van der Waals surface area contributed by atoms with Crippen molar-refractivity contribution in [3.05, 3.63) is 48.2 Å². The molecule has 0 unspecified atom stereocenters. The van der Waals surface area contributed by atoms with Gasteiger partial charge >= 0.3 is 0 Å². The van der Waals surface area contributed by atoms with E-state index in [-0.39, 0.29) is 5.78 Å². The van der Waals surface area contributed by atoms with Gasteiger partial charge in [-0.25, -0.2) is 0 Å². The van der Waals surface area contributed by atoms with Crippen molar-refractivity contribution in [2.75, 3.05) is 7.11 Å². The van der Waals surface area contributed by atoms with Crippen LogP contribution < -0.4 is 4.74 Å². The highest BCUT2D eigenvalue weighted by atomic mass is 16.5. The van der Waals surface area contributed by atoms with Gasteiger partial charge in [0.2, 0.25) is 0 Å². The molecule has 20 heavy (non-hydrogen) atoms. The summed E-state index contributed by atoms with van der Waals surface area (Å²) in [5, 5.41) is 0. The molecular weight excluding hydrogens is 250 g/mol. The number of pyridine rings is 1. The number of rotatable bonds is 3. The zero-order valence-electron chi connectivity index (χ0n) is 12.3. The Kier molecular flexibility index (Phi) is 3.89. The summed E-state index contributed by atoms with van der Waals surface area (Å²) < 4.78 is 5.14. The minimum absolute atomic E-state index is 0.120. The molecule has 3 heteroatoms. The predicted molar refractivity (Wildman–Crippen MR) is 80.0 cm³/mol. The smallest absolute Gasteiger partial charge is 0.168 e. The van der Waals surface area contributed by atoms with Crippen LogP contribution in [0, 0.1) is 5.41 Å². The number of hydrogen-bond acceptors (Lipinski definition) is 3. The monoisotopic (exact) mass is 269 g/mol. The number of ketones is 1. The van der Waals surface area contributed by atoms with Crippen LogP contribution in [-0.2, 0) is 0 Å². The van der Waals surface area contributed by atoms with Gasteiger partial charge < -0.3 is 4.74 Å². The number of nitrogens with zero attached hydrogens (tertiary/aromatic N) is 1. The molecule has 0 aliphatic carbocycles. The van der Waals surface area contributed by atoms with Gasteiger partial charge in [-0.15, -0.1) is 0 Å². The number of Topliss-reactive ketones (excluding diaryl/α,β-unsaturated/α-hetero) is 1. The summed E-state index contributed by atoms with van der Waals surface area (Å²) in [5.41, 5.74) is 2.06. The molecule has 0 spiro atoms. The molecule has 0 atom stereocenters. The fraction of sp³-hybridized carbons (Fsp3) is 0.294. The zero-order chi connectivity index (χ0) is 14.8. The third kappa shape index (κ3) is 3.05. The molecule has 0 amide bonds. The number of methoxy groups -OCH3 is 1. The van der Waals surface area contributed by atoms with E-state index in [1.165, 1.54) is 0 Å². The van der Waals surface area contributed by atoms with Crippen molar-refractivity contribution in [3.63, 3.8) is 0 Å². The predicted octanol–water partition coefficient (Wildman–Crippen LogP) is 3.99. The Hall–Kier alpha value is -2.16. The Morgan fingerprint density at radius 3 is 2.30 bits per heavy atom. The first-order valence-corrected chi connectivity index (χ1v) is 6.57. The van der Waals surface area contributed by atoms with Crippen LogP contribution in [-0.4, -0.2) is 17.9 Å². The maximum atomic E-state index is 12.3. The summed E-state index contributed by atoms with van der Waals surface area (Å²) in [7, 11) is 1.63. The fourth-order valence-electron chi connectivity index (χ4n) is 1.92. The van der Waals surface area contributed by atoms with Crippen molar-refractivity contribution >= 4 is 5.78 Å². The molecule has 0 radical (unpaired) electrons. The largest absolute Gasteiger partial charge is 0.497 e. The molecular formula is C17H19NO2. The Morgan fingerprint density at radius 2 is 1.75 bits per heavy atom. The summed E-state index contributed by atoms with van der Waals surface area (Å²) in [6.07, 6.45) is 1.68. The third-order valence-corrected chi connectivity index (χ3v) is 3.09. The lowest BCUT2D eigenvalue weighted by Gasteiger charge is -2.16. The molecule has 104 valence electrons. The minimum atomic E-state index is -0.390. The molecule has 0 saturated heterocycles. The van der Waals surface area contributed by atoms with Crippen molar-refractivity contribution < 1.29 is 9.53 Å². The Labute approximate surface area is 119 Å². The molecule has 2 rings (SSSR count). The van der Waals surface area contributed by atoms with E-state index in [1.54, 1.807) is 19.4 Å². The third-order valence-electron chi connectivity index (χ3n) is 3.09. The lowest BCUT2D eigenvalue weighted by atomic mass is 9.86. The summed E-state index contributed by atoms with van der Waals surface area (Å²) >= 11 is 0. The van der Waals surface area contributed by atoms with Crippen LogP contribution in [0.1, 0.15) is 31.1 Å². The van der Waals surface area contributed by atoms with Crippen molar-refractivity contribution in [1.29, 1.82) is 0 Å². The van der Waals surface area contributed by atoms with E-state index in [4.69, 9.17) is 4.74 Å². The molecule has 0 fully saturated rings. The molecule has 0 aliphatic heterocycles. The maximum absolute atomic E-state index is 12.3. The summed E-state index contributed by atoms with van der Waals surface area (Å²) in [6.45, 7) is 5.76. The second kappa shape index (κ2) is 5.45. The second-order valence-corrected chi connectivity index (χ2v) is 5.74. The van der Waals surface area contributed by atoms with Crippen LogP contribution in [0.3, 0.4) is 0 Å². The first-order chi connectivity index (χ1) is 9.41. The van der Waals surface area contributed by atoms with Crippen molar-refractivity contribution in [3.8, 4) is 17.0 Å². The van der Waals surface area contributed by atoms with Gasteiger partial charge in [-0.1, -0.05) is 20.8 Å². The first-order valence-electron chi connectivity index (χ1n) is 6.57. The molecule has 1 aromatic carbocycles. The molecule has 0 saturated carbocycles. The quantitative estimate of drug-likeness (QED) is 0.791. The number of carbonyl (C=O) groups is 1. The fourth-order valence-corrected chi connectivity index (χ4v) is 1.92. The lowest BCUT2D eigenvalue weighted by molar-refractivity contribution is 0.0858. The average molecular weight is 269 g/mol. The van der Waals surface area contributed by atoms with Gasteiger partial charge in [0.25, 0.3) is 0 Å². The van der Waals surface area contributed by atoms with E-state index < -0.39 is 5.41 Å². The first kappa shape index (κ1) is 14.3. The van der Waals surface area contributed by atoms with Gasteiger partial charge in [0, 0.05) is 22.7 Å². The van der Waals surface area contributed by atoms with E-state index in [0.29, 0.717) is 5.56 Å². The minimum Gasteiger partial charge on any atom is -0.497 e. The van der Waals surface area contributed by atoms with Gasteiger partial charge in [-0.2, -0.15) is 0 Å². The molecule has 0 bridgehead atoms. The molecule has 1 aromatic heterocycles. The highest BCUT2D eigenvalue weighted by Gasteiger charge is 2.23. The van der Waals surface area contributed by atoms with Crippen LogP contribution in [0.15, 0.2) is 42.6 Å². The highest BCUT2D eigenvalue weighted by molar-refractivity contribution is 6.00. The number of hydrogen-bond donors (Lipinski definition) is 0. The number of aromatic nitrogens is 1. The van der Waals surface area contributed by atoms with Gasteiger partial charge in [-0.05, 0) is 36.4 Å². The number of carbonyl (C=O) groups excluding carboxylic acids is 1. The Balaban J connectivity index is 2.36. The van der Waals surface area contributed by atoms with Crippen LogP contribution >= 0.6 is 0 Å². The maximum Gasteiger partial charge on any atom is 0.168 e. The topological polar surface area (TPSA) is 39.2 Å². The van der Waals surface area contributed by atoms with Crippen molar-refractivity contribution in [1.82, 2.24) is 4.98 Å². The number of benzene rings is 1. The normalized spacial score (nSPS) is 11.2. The standard InChI is InChI=1S/C17H19NO2/c1-17(2,3)16(19)13-9-10-18-15(11-13)12-5-7-14(20-4)8-6-12/h5-11H,1-4H3. The van der Waals surface area contributed by atoms with E-state index in [1.807, 2.05) is 51.1 Å². The molecule has 0 aliphatic rings. The average Bonchev–Trinajstić information content (AvgIpc) is 2.46. The van der Waals surface area contributed by atoms with Crippen LogP contribution in [0.4, 0.5) is 0 Å². The van der Waals surface area contributed by atoms with Crippen LogP contribution in [0.2, 0.25) is 0 Å². The van der Waals surface area contributed by atoms with E-state index in [0.717, 1.165) is 17.0 Å². The van der Waals surface area contributed by atoms with Gasteiger partial charge in [0.1, 0.15) is 5.75 Å². The van der Waals surface area contributed by atoms with Crippen molar-refractivity contribution in [2.24, 2.45) is 5.41 Å². The highest BCUT2D eigenvalue weighted by Crippen LogP contribution is 2.25. The van der Waals surface area contributed by atoms with E-state index in [2.05, 4.69) is 4.98 Å². The lowest BCUT2D eigenvalue weighted by Crippen LogP contribution is -2.20. The van der Waals surface area contributed by atoms with Gasteiger partial charge in [0.15, 0.2) is 5.78 Å². The van der Waals surface area contributed by atoms with E-state index in [9.17, 15) is 4.79 Å². The van der Waals surface area contributed by atoms with Crippen molar-refractivity contribution in [2.45, 2.75) is 20.8 Å².